The highest BCUT2D eigenvalue weighted by atomic mass is 19.1. The number of methoxy groups -OCH3 is 1. The van der Waals surface area contributed by atoms with Crippen LogP contribution in [0.2, 0.25) is 0 Å². The number of hydrogen-bond donors (Lipinski definition) is 1. The van der Waals surface area contributed by atoms with Gasteiger partial charge in [-0.25, -0.2) is 13.8 Å². The number of aromatic nitrogens is 4. The Morgan fingerprint density at radius 1 is 1.07 bits per heavy atom. The van der Waals surface area contributed by atoms with E-state index < -0.39 is 0 Å². The Kier molecular flexibility index (Phi) is 5.63. The minimum Gasteiger partial charge on any atom is -0.497 e. The van der Waals surface area contributed by atoms with Crippen molar-refractivity contribution in [2.75, 3.05) is 7.11 Å². The SMILES string of the molecule is COc1ccc(-n2ncc(C(C)NCc3cnn(-c4cccc(F)c4)c3)c2C)cc1. The number of nitrogens with one attached hydrogen (secondary N) is 1. The van der Waals surface area contributed by atoms with Gasteiger partial charge in [0.1, 0.15) is 11.6 Å². The fourth-order valence-corrected chi connectivity index (χ4v) is 3.42. The van der Waals surface area contributed by atoms with Gasteiger partial charge in [0.2, 0.25) is 0 Å². The van der Waals surface area contributed by atoms with Gasteiger partial charge in [-0.15, -0.1) is 0 Å². The molecule has 0 radical (unpaired) electrons. The van der Waals surface area contributed by atoms with Gasteiger partial charge in [0.15, 0.2) is 0 Å². The van der Waals surface area contributed by atoms with Gasteiger partial charge in [0.05, 0.1) is 30.9 Å². The number of hydrogen-bond acceptors (Lipinski definition) is 4. The standard InChI is InChI=1S/C23H24FN5O/c1-16(23-14-27-29(17(23)2)20-7-9-22(30-3)10-8-20)25-12-18-13-26-28(15-18)21-6-4-5-19(24)11-21/h4-11,13-16,25H,12H2,1-3H3. The maximum Gasteiger partial charge on any atom is 0.125 e. The fraction of sp³-hybridized carbons (Fsp3) is 0.217. The third kappa shape index (κ3) is 4.11. The van der Waals surface area contributed by atoms with E-state index in [0.29, 0.717) is 12.2 Å². The van der Waals surface area contributed by atoms with Gasteiger partial charge in [-0.05, 0) is 56.3 Å². The molecule has 1 unspecified atom stereocenters. The van der Waals surface area contributed by atoms with Crippen LogP contribution in [-0.4, -0.2) is 26.7 Å². The first-order valence-corrected chi connectivity index (χ1v) is 9.77. The lowest BCUT2D eigenvalue weighted by atomic mass is 10.1. The van der Waals surface area contributed by atoms with Gasteiger partial charge >= 0.3 is 0 Å². The maximum atomic E-state index is 13.4. The zero-order valence-corrected chi connectivity index (χ0v) is 17.2. The first kappa shape index (κ1) is 19.8. The number of halogens is 1. The number of rotatable bonds is 7. The normalized spacial score (nSPS) is 12.1. The van der Waals surface area contributed by atoms with Crippen molar-refractivity contribution in [2.24, 2.45) is 0 Å². The second kappa shape index (κ2) is 8.51. The molecule has 154 valence electrons. The molecule has 0 saturated heterocycles. The third-order valence-electron chi connectivity index (χ3n) is 5.15. The van der Waals surface area contributed by atoms with Gasteiger partial charge in [0, 0.05) is 35.6 Å². The molecule has 6 nitrogen and oxygen atoms in total. The van der Waals surface area contributed by atoms with Crippen molar-refractivity contribution >= 4 is 0 Å². The molecule has 30 heavy (non-hydrogen) atoms. The smallest absolute Gasteiger partial charge is 0.125 e. The van der Waals surface area contributed by atoms with E-state index >= 15 is 0 Å². The Morgan fingerprint density at radius 2 is 1.87 bits per heavy atom. The first-order chi connectivity index (χ1) is 14.5. The largest absolute Gasteiger partial charge is 0.497 e. The summed E-state index contributed by atoms with van der Waals surface area (Å²) in [6.07, 6.45) is 5.59. The van der Waals surface area contributed by atoms with Crippen molar-refractivity contribution in [1.82, 2.24) is 24.9 Å². The lowest BCUT2D eigenvalue weighted by molar-refractivity contribution is 0.414. The zero-order valence-electron chi connectivity index (χ0n) is 17.2. The molecule has 2 heterocycles. The molecule has 1 atom stereocenters. The summed E-state index contributed by atoms with van der Waals surface area (Å²) in [5.74, 6) is 0.540. The molecule has 1 N–H and O–H groups in total. The summed E-state index contributed by atoms with van der Waals surface area (Å²) in [4.78, 5) is 0. The van der Waals surface area contributed by atoms with Crippen LogP contribution in [-0.2, 0) is 6.54 Å². The summed E-state index contributed by atoms with van der Waals surface area (Å²) in [5.41, 5.74) is 4.92. The Labute approximate surface area is 174 Å². The van der Waals surface area contributed by atoms with Crippen molar-refractivity contribution in [2.45, 2.75) is 26.4 Å². The molecule has 7 heteroatoms. The number of benzene rings is 2. The number of nitrogens with zero attached hydrogens (tertiary/aromatic N) is 4. The number of ether oxygens (including phenoxy) is 1. The van der Waals surface area contributed by atoms with E-state index in [-0.39, 0.29) is 11.9 Å². The molecular formula is C23H24FN5O. The summed E-state index contributed by atoms with van der Waals surface area (Å²) in [6.45, 7) is 4.82. The monoisotopic (exact) mass is 405 g/mol. The van der Waals surface area contributed by atoms with E-state index in [2.05, 4.69) is 29.4 Å². The molecule has 0 bridgehead atoms. The highest BCUT2D eigenvalue weighted by Gasteiger charge is 2.14. The zero-order chi connectivity index (χ0) is 21.1. The molecule has 4 aromatic rings. The summed E-state index contributed by atoms with van der Waals surface area (Å²) in [7, 11) is 1.65. The molecular weight excluding hydrogens is 381 g/mol. The van der Waals surface area contributed by atoms with Crippen LogP contribution in [0.5, 0.6) is 5.75 Å². The average Bonchev–Trinajstić information content (AvgIpc) is 3.39. The highest BCUT2D eigenvalue weighted by Crippen LogP contribution is 2.22. The van der Waals surface area contributed by atoms with Crippen molar-refractivity contribution in [1.29, 1.82) is 0 Å². The van der Waals surface area contributed by atoms with Crippen molar-refractivity contribution in [3.8, 4) is 17.1 Å². The Hall–Kier alpha value is -3.45. The van der Waals surface area contributed by atoms with Gasteiger partial charge in [-0.2, -0.15) is 10.2 Å². The lowest BCUT2D eigenvalue weighted by Gasteiger charge is -2.13. The molecule has 2 aromatic heterocycles. The molecule has 0 saturated carbocycles. The summed E-state index contributed by atoms with van der Waals surface area (Å²) < 4.78 is 22.3. The van der Waals surface area contributed by atoms with Crippen LogP contribution in [0, 0.1) is 12.7 Å². The topological polar surface area (TPSA) is 56.9 Å². The van der Waals surface area contributed by atoms with E-state index in [1.54, 1.807) is 24.1 Å². The van der Waals surface area contributed by atoms with E-state index in [1.165, 1.54) is 12.1 Å². The van der Waals surface area contributed by atoms with Crippen LogP contribution >= 0.6 is 0 Å². The molecule has 0 aliphatic rings. The van der Waals surface area contributed by atoms with E-state index in [1.807, 2.05) is 47.4 Å². The van der Waals surface area contributed by atoms with Crippen LogP contribution in [0.4, 0.5) is 4.39 Å². The van der Waals surface area contributed by atoms with Crippen LogP contribution in [0.15, 0.2) is 67.1 Å². The molecule has 0 aliphatic heterocycles. The summed E-state index contributed by atoms with van der Waals surface area (Å²) >= 11 is 0. The second-order valence-electron chi connectivity index (χ2n) is 7.17. The Balaban J connectivity index is 1.43. The van der Waals surface area contributed by atoms with Crippen molar-refractivity contribution in [3.63, 3.8) is 0 Å². The van der Waals surface area contributed by atoms with Crippen LogP contribution < -0.4 is 10.1 Å². The fourth-order valence-electron chi connectivity index (χ4n) is 3.42. The van der Waals surface area contributed by atoms with Gasteiger partial charge < -0.3 is 10.1 Å². The third-order valence-corrected chi connectivity index (χ3v) is 5.15. The predicted octanol–water partition coefficient (Wildman–Crippen LogP) is 4.36. The van der Waals surface area contributed by atoms with E-state index in [4.69, 9.17) is 4.74 Å². The minimum atomic E-state index is -0.277. The molecule has 0 amide bonds. The van der Waals surface area contributed by atoms with E-state index in [9.17, 15) is 4.39 Å². The summed E-state index contributed by atoms with van der Waals surface area (Å²) in [5, 5.41) is 12.4. The highest BCUT2D eigenvalue weighted by molar-refractivity contribution is 5.39. The van der Waals surface area contributed by atoms with E-state index in [0.717, 1.165) is 28.3 Å². The Bertz CT molecular complexity index is 1130. The maximum absolute atomic E-state index is 13.4. The van der Waals surface area contributed by atoms with Crippen molar-refractivity contribution in [3.05, 3.63) is 89.8 Å². The Morgan fingerprint density at radius 3 is 2.60 bits per heavy atom. The van der Waals surface area contributed by atoms with Gasteiger partial charge in [-0.1, -0.05) is 6.07 Å². The average molecular weight is 405 g/mol. The molecule has 0 spiro atoms. The first-order valence-electron chi connectivity index (χ1n) is 9.77. The van der Waals surface area contributed by atoms with Crippen LogP contribution in [0.1, 0.15) is 29.8 Å². The molecule has 0 aliphatic carbocycles. The molecule has 0 fully saturated rings. The summed E-state index contributed by atoms with van der Waals surface area (Å²) in [6, 6.07) is 14.3. The van der Waals surface area contributed by atoms with Crippen molar-refractivity contribution < 1.29 is 9.13 Å². The van der Waals surface area contributed by atoms with Crippen LogP contribution in [0.25, 0.3) is 11.4 Å². The lowest BCUT2D eigenvalue weighted by Crippen LogP contribution is -2.18. The molecule has 4 rings (SSSR count). The second-order valence-corrected chi connectivity index (χ2v) is 7.17. The predicted molar refractivity (Wildman–Crippen MR) is 114 cm³/mol. The van der Waals surface area contributed by atoms with Crippen LogP contribution in [0.3, 0.4) is 0 Å². The minimum absolute atomic E-state index is 0.106. The molecule has 2 aromatic carbocycles. The van der Waals surface area contributed by atoms with Gasteiger partial charge in [-0.3, -0.25) is 0 Å². The quantitative estimate of drug-likeness (QED) is 0.496. The van der Waals surface area contributed by atoms with Gasteiger partial charge in [0.25, 0.3) is 0 Å².